The molecule has 0 bridgehead atoms. The number of aromatic nitrogens is 2. The van der Waals surface area contributed by atoms with Gasteiger partial charge < -0.3 is 5.73 Å². The van der Waals surface area contributed by atoms with Crippen LogP contribution in [0, 0.1) is 0 Å². The molecule has 0 saturated heterocycles. The SMILES string of the molecule is Cn1nc(CCCN)c2cccc(Cl)c21. The van der Waals surface area contributed by atoms with Gasteiger partial charge in [0, 0.05) is 12.4 Å². The topological polar surface area (TPSA) is 43.8 Å². The lowest BCUT2D eigenvalue weighted by Gasteiger charge is -1.96. The van der Waals surface area contributed by atoms with Gasteiger partial charge in [0.25, 0.3) is 0 Å². The van der Waals surface area contributed by atoms with Gasteiger partial charge in [0.2, 0.25) is 0 Å². The van der Waals surface area contributed by atoms with E-state index in [9.17, 15) is 0 Å². The second kappa shape index (κ2) is 4.21. The molecule has 2 rings (SSSR count). The summed E-state index contributed by atoms with van der Waals surface area (Å²) in [6.45, 7) is 0.693. The lowest BCUT2D eigenvalue weighted by Crippen LogP contribution is -2.01. The fourth-order valence-corrected chi connectivity index (χ4v) is 2.11. The molecule has 0 spiro atoms. The van der Waals surface area contributed by atoms with Crippen LogP contribution in [0.5, 0.6) is 0 Å². The molecule has 0 radical (unpaired) electrons. The summed E-state index contributed by atoms with van der Waals surface area (Å²) in [5.41, 5.74) is 7.59. The minimum atomic E-state index is 0.693. The Hall–Kier alpha value is -1.06. The average Bonchev–Trinajstić information content (AvgIpc) is 2.54. The maximum atomic E-state index is 6.12. The summed E-state index contributed by atoms with van der Waals surface area (Å²) in [6.07, 6.45) is 1.87. The Morgan fingerprint density at radius 1 is 1.47 bits per heavy atom. The maximum absolute atomic E-state index is 6.12. The van der Waals surface area contributed by atoms with Gasteiger partial charge in [-0.3, -0.25) is 4.68 Å². The quantitative estimate of drug-likeness (QED) is 0.866. The molecule has 1 heterocycles. The van der Waals surface area contributed by atoms with Crippen molar-refractivity contribution in [2.45, 2.75) is 12.8 Å². The standard InChI is InChI=1S/C11H14ClN3/c1-15-11-8(4-2-5-9(11)12)10(14-15)6-3-7-13/h2,4-5H,3,6-7,13H2,1H3. The lowest BCUT2D eigenvalue weighted by atomic mass is 10.1. The van der Waals surface area contributed by atoms with E-state index >= 15 is 0 Å². The van der Waals surface area contributed by atoms with Crippen LogP contribution >= 0.6 is 11.6 Å². The number of rotatable bonds is 3. The Kier molecular flexibility index (Phi) is 2.93. The van der Waals surface area contributed by atoms with Crippen molar-refractivity contribution in [2.24, 2.45) is 12.8 Å². The summed E-state index contributed by atoms with van der Waals surface area (Å²) in [5.74, 6) is 0. The largest absolute Gasteiger partial charge is 0.330 e. The normalized spacial score (nSPS) is 11.1. The van der Waals surface area contributed by atoms with E-state index < -0.39 is 0 Å². The van der Waals surface area contributed by atoms with Crippen LogP contribution in [0.4, 0.5) is 0 Å². The van der Waals surface area contributed by atoms with Crippen molar-refractivity contribution >= 4 is 22.5 Å². The van der Waals surface area contributed by atoms with Gasteiger partial charge in [-0.05, 0) is 25.5 Å². The molecule has 3 nitrogen and oxygen atoms in total. The van der Waals surface area contributed by atoms with Crippen LogP contribution in [0.3, 0.4) is 0 Å². The van der Waals surface area contributed by atoms with Crippen LogP contribution in [0.25, 0.3) is 10.9 Å². The predicted octanol–water partition coefficient (Wildman–Crippen LogP) is 2.12. The highest BCUT2D eigenvalue weighted by Gasteiger charge is 2.09. The fourth-order valence-electron chi connectivity index (χ4n) is 1.82. The first-order chi connectivity index (χ1) is 7.24. The Morgan fingerprint density at radius 2 is 2.27 bits per heavy atom. The number of nitrogens with two attached hydrogens (primary N) is 1. The van der Waals surface area contributed by atoms with Crippen molar-refractivity contribution in [3.05, 3.63) is 28.9 Å². The molecule has 0 saturated carbocycles. The number of nitrogens with zero attached hydrogens (tertiary/aromatic N) is 2. The monoisotopic (exact) mass is 223 g/mol. The van der Waals surface area contributed by atoms with Crippen LogP contribution in [0.1, 0.15) is 12.1 Å². The fraction of sp³-hybridized carbons (Fsp3) is 0.364. The third-order valence-electron chi connectivity index (χ3n) is 2.51. The Morgan fingerprint density at radius 3 is 3.00 bits per heavy atom. The number of para-hydroxylation sites is 1. The van der Waals surface area contributed by atoms with Gasteiger partial charge >= 0.3 is 0 Å². The van der Waals surface area contributed by atoms with Crippen molar-refractivity contribution in [1.29, 1.82) is 0 Å². The van der Waals surface area contributed by atoms with Crippen LogP contribution < -0.4 is 5.73 Å². The Bertz CT molecular complexity index is 476. The van der Waals surface area contributed by atoms with E-state index in [0.29, 0.717) is 6.54 Å². The Balaban J connectivity index is 2.53. The molecule has 1 aromatic carbocycles. The number of halogens is 1. The van der Waals surface area contributed by atoms with Gasteiger partial charge in [-0.25, -0.2) is 0 Å². The summed E-state index contributed by atoms with van der Waals surface area (Å²) in [7, 11) is 1.92. The van der Waals surface area contributed by atoms with Crippen molar-refractivity contribution in [3.63, 3.8) is 0 Å². The number of fused-ring (bicyclic) bond motifs is 1. The molecule has 2 aromatic rings. The smallest absolute Gasteiger partial charge is 0.0868 e. The van der Waals surface area contributed by atoms with Crippen LogP contribution in [-0.2, 0) is 13.5 Å². The van der Waals surface area contributed by atoms with Gasteiger partial charge in [-0.2, -0.15) is 5.10 Å². The van der Waals surface area contributed by atoms with E-state index in [-0.39, 0.29) is 0 Å². The average molecular weight is 224 g/mol. The minimum Gasteiger partial charge on any atom is -0.330 e. The number of hydrogen-bond acceptors (Lipinski definition) is 2. The third-order valence-corrected chi connectivity index (χ3v) is 2.81. The highest BCUT2D eigenvalue weighted by molar-refractivity contribution is 6.35. The molecular formula is C11H14ClN3. The summed E-state index contributed by atoms with van der Waals surface area (Å²) >= 11 is 6.12. The van der Waals surface area contributed by atoms with Crippen molar-refractivity contribution in [3.8, 4) is 0 Å². The molecule has 15 heavy (non-hydrogen) atoms. The first-order valence-corrected chi connectivity index (χ1v) is 5.42. The Labute approximate surface area is 93.8 Å². The van der Waals surface area contributed by atoms with E-state index in [1.807, 2.05) is 23.9 Å². The highest BCUT2D eigenvalue weighted by Crippen LogP contribution is 2.25. The zero-order chi connectivity index (χ0) is 10.8. The maximum Gasteiger partial charge on any atom is 0.0868 e. The zero-order valence-corrected chi connectivity index (χ0v) is 9.46. The molecule has 0 aliphatic carbocycles. The molecule has 0 unspecified atom stereocenters. The summed E-state index contributed by atoms with van der Waals surface area (Å²) in [4.78, 5) is 0. The number of benzene rings is 1. The van der Waals surface area contributed by atoms with Gasteiger partial charge in [0.05, 0.1) is 16.2 Å². The van der Waals surface area contributed by atoms with Crippen LogP contribution in [-0.4, -0.2) is 16.3 Å². The van der Waals surface area contributed by atoms with Gasteiger partial charge in [0.15, 0.2) is 0 Å². The predicted molar refractivity (Wildman–Crippen MR) is 63.1 cm³/mol. The molecule has 4 heteroatoms. The molecular weight excluding hydrogens is 210 g/mol. The minimum absolute atomic E-state index is 0.693. The van der Waals surface area contributed by atoms with Gasteiger partial charge in [-0.1, -0.05) is 23.7 Å². The van der Waals surface area contributed by atoms with E-state index in [0.717, 1.165) is 34.5 Å². The third kappa shape index (κ3) is 1.85. The summed E-state index contributed by atoms with van der Waals surface area (Å²) < 4.78 is 1.84. The summed E-state index contributed by atoms with van der Waals surface area (Å²) in [6, 6.07) is 5.90. The van der Waals surface area contributed by atoms with E-state index in [1.54, 1.807) is 0 Å². The number of hydrogen-bond donors (Lipinski definition) is 1. The van der Waals surface area contributed by atoms with Crippen molar-refractivity contribution < 1.29 is 0 Å². The molecule has 0 amide bonds. The van der Waals surface area contributed by atoms with Crippen LogP contribution in [0.15, 0.2) is 18.2 Å². The molecule has 0 fully saturated rings. The van der Waals surface area contributed by atoms with Crippen LogP contribution in [0.2, 0.25) is 5.02 Å². The molecule has 2 N–H and O–H groups in total. The molecule has 0 aliphatic heterocycles. The summed E-state index contributed by atoms with van der Waals surface area (Å²) in [5, 5.41) is 6.35. The van der Waals surface area contributed by atoms with E-state index in [1.165, 1.54) is 0 Å². The lowest BCUT2D eigenvalue weighted by molar-refractivity contribution is 0.739. The highest BCUT2D eigenvalue weighted by atomic mass is 35.5. The first kappa shape index (κ1) is 10.5. The zero-order valence-electron chi connectivity index (χ0n) is 8.70. The number of aryl methyl sites for hydroxylation is 2. The van der Waals surface area contributed by atoms with Gasteiger partial charge in [-0.15, -0.1) is 0 Å². The molecule has 0 atom stereocenters. The van der Waals surface area contributed by atoms with Crippen molar-refractivity contribution in [1.82, 2.24) is 9.78 Å². The molecule has 0 aliphatic rings. The second-order valence-electron chi connectivity index (χ2n) is 3.60. The van der Waals surface area contributed by atoms with Crippen molar-refractivity contribution in [2.75, 3.05) is 6.54 Å². The molecule has 1 aromatic heterocycles. The van der Waals surface area contributed by atoms with E-state index in [4.69, 9.17) is 17.3 Å². The second-order valence-corrected chi connectivity index (χ2v) is 4.01. The molecule has 80 valence electrons. The van der Waals surface area contributed by atoms with Gasteiger partial charge in [0.1, 0.15) is 0 Å². The van der Waals surface area contributed by atoms with E-state index in [2.05, 4.69) is 11.2 Å². The first-order valence-electron chi connectivity index (χ1n) is 5.04.